The van der Waals surface area contributed by atoms with Gasteiger partial charge in [-0.05, 0) is 27.0 Å². The Bertz CT molecular complexity index is 328. The number of hydrogen-bond acceptors (Lipinski definition) is 6. The molecule has 84 valence electrons. The van der Waals surface area contributed by atoms with Crippen molar-refractivity contribution in [1.29, 1.82) is 0 Å². The molecule has 0 spiro atoms. The van der Waals surface area contributed by atoms with Crippen molar-refractivity contribution in [3.63, 3.8) is 0 Å². The Morgan fingerprint density at radius 3 is 2.47 bits per heavy atom. The number of nitrogens with two attached hydrogens (primary N) is 1. The summed E-state index contributed by atoms with van der Waals surface area (Å²) in [6.45, 7) is 7.12. The van der Waals surface area contributed by atoms with Gasteiger partial charge in [0.1, 0.15) is 0 Å². The Morgan fingerprint density at radius 2 is 2.00 bits per heavy atom. The largest absolute Gasteiger partial charge is 0.368 e. The number of hydrogen-bond donors (Lipinski definition) is 1. The van der Waals surface area contributed by atoms with Gasteiger partial charge in [-0.15, -0.1) is 0 Å². The van der Waals surface area contributed by atoms with Crippen LogP contribution in [0, 0.1) is 0 Å². The first kappa shape index (κ1) is 12.0. The Kier molecular flexibility index (Phi) is 4.14. The number of rotatable bonds is 4. The molecule has 0 unspecified atom stereocenters. The van der Waals surface area contributed by atoms with E-state index >= 15 is 0 Å². The van der Waals surface area contributed by atoms with Gasteiger partial charge in [0.05, 0.1) is 0 Å². The third-order valence-corrected chi connectivity index (χ3v) is 2.57. The minimum absolute atomic E-state index is 0.281. The van der Waals surface area contributed by atoms with Gasteiger partial charge in [-0.3, -0.25) is 0 Å². The Hall–Kier alpha value is -1.04. The van der Waals surface area contributed by atoms with Gasteiger partial charge in [0.15, 0.2) is 5.16 Å². The molecule has 5 nitrogen and oxygen atoms in total. The van der Waals surface area contributed by atoms with Crippen molar-refractivity contribution in [3.8, 4) is 0 Å². The van der Waals surface area contributed by atoms with E-state index in [0.29, 0.717) is 17.1 Å². The maximum atomic E-state index is 5.63. The third kappa shape index (κ3) is 2.95. The molecule has 0 saturated heterocycles. The summed E-state index contributed by atoms with van der Waals surface area (Å²) in [6.07, 6.45) is 1.92. The maximum absolute atomic E-state index is 5.63. The van der Waals surface area contributed by atoms with Crippen molar-refractivity contribution >= 4 is 23.7 Å². The van der Waals surface area contributed by atoms with Crippen molar-refractivity contribution in [2.75, 3.05) is 23.4 Å². The lowest BCUT2D eigenvalue weighted by molar-refractivity contribution is 0.670. The van der Waals surface area contributed by atoms with E-state index in [2.05, 4.69) is 40.6 Å². The maximum Gasteiger partial charge on any atom is 0.231 e. The van der Waals surface area contributed by atoms with Gasteiger partial charge in [0.2, 0.25) is 11.9 Å². The standard InChI is InChI=1S/C9H17N5S/c1-5-14(6(2)3)8-11-7(10)12-9(13-8)15-4/h6H,5H2,1-4H3,(H2,10,11,12,13). The summed E-state index contributed by atoms with van der Waals surface area (Å²) < 4.78 is 0. The normalized spacial score (nSPS) is 10.7. The van der Waals surface area contributed by atoms with Crippen molar-refractivity contribution in [1.82, 2.24) is 15.0 Å². The average Bonchev–Trinajstić information content (AvgIpc) is 2.17. The van der Waals surface area contributed by atoms with E-state index in [9.17, 15) is 0 Å². The topological polar surface area (TPSA) is 67.9 Å². The number of anilines is 2. The second-order valence-electron chi connectivity index (χ2n) is 3.36. The molecule has 0 radical (unpaired) electrons. The van der Waals surface area contributed by atoms with Crippen LogP contribution in [0.2, 0.25) is 0 Å². The molecule has 0 saturated carbocycles. The van der Waals surface area contributed by atoms with Crippen LogP contribution in [0.25, 0.3) is 0 Å². The first-order valence-electron chi connectivity index (χ1n) is 4.90. The molecule has 1 aromatic heterocycles. The summed E-state index contributed by atoms with van der Waals surface area (Å²) in [6, 6.07) is 0.353. The fraction of sp³-hybridized carbons (Fsp3) is 0.667. The molecule has 0 atom stereocenters. The second-order valence-corrected chi connectivity index (χ2v) is 4.13. The molecular formula is C9H17N5S. The Morgan fingerprint density at radius 1 is 1.33 bits per heavy atom. The number of nitrogen functional groups attached to an aromatic ring is 1. The van der Waals surface area contributed by atoms with E-state index in [1.165, 1.54) is 11.8 Å². The summed E-state index contributed by atoms with van der Waals surface area (Å²) in [5, 5.41) is 0.664. The summed E-state index contributed by atoms with van der Waals surface area (Å²) in [5.74, 6) is 0.938. The summed E-state index contributed by atoms with van der Waals surface area (Å²) in [7, 11) is 0. The lowest BCUT2D eigenvalue weighted by Gasteiger charge is -2.25. The van der Waals surface area contributed by atoms with E-state index < -0.39 is 0 Å². The molecular weight excluding hydrogens is 210 g/mol. The molecule has 0 aliphatic rings. The zero-order chi connectivity index (χ0) is 11.4. The van der Waals surface area contributed by atoms with Crippen molar-refractivity contribution in [3.05, 3.63) is 0 Å². The average molecular weight is 227 g/mol. The molecule has 1 heterocycles. The molecule has 0 amide bonds. The molecule has 1 rings (SSSR count). The molecule has 6 heteroatoms. The molecule has 0 aliphatic heterocycles. The van der Waals surface area contributed by atoms with E-state index in [1.54, 1.807) is 0 Å². The molecule has 2 N–H and O–H groups in total. The lowest BCUT2D eigenvalue weighted by atomic mass is 10.3. The highest BCUT2D eigenvalue weighted by molar-refractivity contribution is 7.98. The summed E-state index contributed by atoms with van der Waals surface area (Å²) in [5.41, 5.74) is 5.63. The van der Waals surface area contributed by atoms with Crippen LogP contribution in [0.5, 0.6) is 0 Å². The number of aromatic nitrogens is 3. The molecule has 15 heavy (non-hydrogen) atoms. The van der Waals surface area contributed by atoms with E-state index in [-0.39, 0.29) is 5.95 Å². The highest BCUT2D eigenvalue weighted by atomic mass is 32.2. The Labute approximate surface area is 94.5 Å². The molecule has 0 bridgehead atoms. The van der Waals surface area contributed by atoms with E-state index in [4.69, 9.17) is 5.73 Å². The minimum atomic E-state index is 0.281. The van der Waals surface area contributed by atoms with Crippen LogP contribution < -0.4 is 10.6 Å². The second kappa shape index (κ2) is 5.16. The fourth-order valence-electron chi connectivity index (χ4n) is 1.32. The van der Waals surface area contributed by atoms with Crippen molar-refractivity contribution in [2.45, 2.75) is 32.0 Å². The minimum Gasteiger partial charge on any atom is -0.368 e. The van der Waals surface area contributed by atoms with E-state index in [1.807, 2.05) is 6.26 Å². The first-order valence-corrected chi connectivity index (χ1v) is 6.13. The van der Waals surface area contributed by atoms with Crippen LogP contribution in [-0.2, 0) is 0 Å². The SMILES string of the molecule is CCN(c1nc(N)nc(SC)n1)C(C)C. The molecule has 1 aromatic rings. The van der Waals surface area contributed by atoms with Crippen LogP contribution in [-0.4, -0.2) is 33.8 Å². The van der Waals surface area contributed by atoms with Gasteiger partial charge in [-0.25, -0.2) is 0 Å². The van der Waals surface area contributed by atoms with Crippen LogP contribution in [0.1, 0.15) is 20.8 Å². The van der Waals surface area contributed by atoms with Gasteiger partial charge in [0, 0.05) is 12.6 Å². The van der Waals surface area contributed by atoms with Gasteiger partial charge in [-0.1, -0.05) is 11.8 Å². The zero-order valence-corrected chi connectivity index (χ0v) is 10.4. The van der Waals surface area contributed by atoms with Gasteiger partial charge >= 0.3 is 0 Å². The highest BCUT2D eigenvalue weighted by Gasteiger charge is 2.13. The van der Waals surface area contributed by atoms with Gasteiger partial charge < -0.3 is 10.6 Å². The van der Waals surface area contributed by atoms with Crippen LogP contribution in [0.15, 0.2) is 5.16 Å². The van der Waals surface area contributed by atoms with Crippen molar-refractivity contribution < 1.29 is 0 Å². The first-order chi connectivity index (χ1) is 7.08. The van der Waals surface area contributed by atoms with E-state index in [0.717, 1.165) is 6.54 Å². The smallest absolute Gasteiger partial charge is 0.231 e. The van der Waals surface area contributed by atoms with Gasteiger partial charge in [-0.2, -0.15) is 15.0 Å². The van der Waals surface area contributed by atoms with Crippen LogP contribution in [0.3, 0.4) is 0 Å². The van der Waals surface area contributed by atoms with Crippen LogP contribution in [0.4, 0.5) is 11.9 Å². The Balaban J connectivity index is 3.06. The monoisotopic (exact) mass is 227 g/mol. The predicted octanol–water partition coefficient (Wildman–Crippen LogP) is 1.41. The predicted molar refractivity (Wildman–Crippen MR) is 64.2 cm³/mol. The fourth-order valence-corrected chi connectivity index (χ4v) is 1.68. The number of thioether (sulfide) groups is 1. The quantitative estimate of drug-likeness (QED) is 0.784. The van der Waals surface area contributed by atoms with Gasteiger partial charge in [0.25, 0.3) is 0 Å². The van der Waals surface area contributed by atoms with Crippen molar-refractivity contribution in [2.24, 2.45) is 0 Å². The highest BCUT2D eigenvalue weighted by Crippen LogP contribution is 2.16. The lowest BCUT2D eigenvalue weighted by Crippen LogP contribution is -2.32. The third-order valence-electron chi connectivity index (χ3n) is 2.02. The summed E-state index contributed by atoms with van der Waals surface area (Å²) in [4.78, 5) is 14.6. The zero-order valence-electron chi connectivity index (χ0n) is 9.56. The molecule has 0 fully saturated rings. The number of nitrogens with zero attached hydrogens (tertiary/aromatic N) is 4. The molecule has 0 aliphatic carbocycles. The molecule has 0 aromatic carbocycles. The van der Waals surface area contributed by atoms with Crippen LogP contribution >= 0.6 is 11.8 Å². The summed E-state index contributed by atoms with van der Waals surface area (Å²) >= 11 is 1.47.